The Bertz CT molecular complexity index is 673. The van der Waals surface area contributed by atoms with Crippen LogP contribution in [0.1, 0.15) is 18.4 Å². The number of urea groups is 1. The van der Waals surface area contributed by atoms with Gasteiger partial charge in [0.05, 0.1) is 0 Å². The first kappa shape index (κ1) is 14.1. The van der Waals surface area contributed by atoms with Gasteiger partial charge in [0.1, 0.15) is 0 Å². The van der Waals surface area contributed by atoms with Crippen molar-refractivity contribution in [3.63, 3.8) is 0 Å². The molecule has 3 nitrogen and oxygen atoms in total. The van der Waals surface area contributed by atoms with Gasteiger partial charge >= 0.3 is 12.2 Å². The van der Waals surface area contributed by atoms with E-state index in [1.165, 1.54) is 18.2 Å². The summed E-state index contributed by atoms with van der Waals surface area (Å²) in [6, 6.07) is 3.00. The van der Waals surface area contributed by atoms with Crippen molar-refractivity contribution in [1.29, 1.82) is 0 Å². The summed E-state index contributed by atoms with van der Waals surface area (Å²) in [5.74, 6) is 4.82. The third-order valence-corrected chi connectivity index (χ3v) is 3.64. The molecule has 0 spiro atoms. The molecule has 0 saturated heterocycles. The average molecular weight is 315 g/mol. The van der Waals surface area contributed by atoms with Gasteiger partial charge in [-0.05, 0) is 31.0 Å². The molecule has 1 heterocycles. The number of amides is 2. The van der Waals surface area contributed by atoms with Crippen molar-refractivity contribution >= 4 is 23.3 Å². The number of hydrogen-bond acceptors (Lipinski definition) is 1. The van der Waals surface area contributed by atoms with E-state index < -0.39 is 17.7 Å². The molecule has 1 aromatic rings. The maximum Gasteiger partial charge on any atom is 0.427 e. The first-order chi connectivity index (χ1) is 9.82. The number of carbonyl (C=O) groups excluding carboxylic acids is 1. The first-order valence-corrected chi connectivity index (χ1v) is 6.68. The standard InChI is InChI=1S/C14H10ClF3N2O/c15-9-3-4-11-10(7-9)13(14(16,17)18,20-12(21)19-11)6-5-8-1-2-8/h3-4,7-8H,1-2H2,(H2,19,20,21)/t13-/m0/s1. The molecule has 0 aromatic heterocycles. The Balaban J connectivity index is 2.22. The quantitative estimate of drug-likeness (QED) is 0.705. The lowest BCUT2D eigenvalue weighted by molar-refractivity contribution is -0.178. The lowest BCUT2D eigenvalue weighted by Crippen LogP contribution is -2.59. The molecule has 1 aliphatic heterocycles. The van der Waals surface area contributed by atoms with Crippen LogP contribution in [0.3, 0.4) is 0 Å². The molecule has 0 bridgehead atoms. The van der Waals surface area contributed by atoms with Crippen LogP contribution in [0, 0.1) is 17.8 Å². The Hall–Kier alpha value is -1.87. The minimum absolute atomic E-state index is 0.0290. The number of fused-ring (bicyclic) bond motifs is 1. The molecular weight excluding hydrogens is 305 g/mol. The fourth-order valence-corrected chi connectivity index (χ4v) is 2.33. The van der Waals surface area contributed by atoms with Gasteiger partial charge in [-0.1, -0.05) is 23.4 Å². The van der Waals surface area contributed by atoms with Crippen LogP contribution in [0.15, 0.2) is 18.2 Å². The van der Waals surface area contributed by atoms with Gasteiger partial charge in [-0.2, -0.15) is 13.2 Å². The predicted molar refractivity (Wildman–Crippen MR) is 71.8 cm³/mol. The van der Waals surface area contributed by atoms with E-state index in [1.54, 1.807) is 0 Å². The van der Waals surface area contributed by atoms with Gasteiger partial charge < -0.3 is 10.6 Å². The Morgan fingerprint density at radius 1 is 1.33 bits per heavy atom. The Labute approximate surface area is 123 Å². The topological polar surface area (TPSA) is 41.1 Å². The van der Waals surface area contributed by atoms with Crippen LogP contribution in [0.4, 0.5) is 23.7 Å². The molecule has 1 aliphatic carbocycles. The summed E-state index contributed by atoms with van der Waals surface area (Å²) in [6.07, 6.45) is -3.18. The lowest BCUT2D eigenvalue weighted by atomic mass is 9.86. The molecular formula is C14H10ClF3N2O. The zero-order valence-electron chi connectivity index (χ0n) is 10.6. The van der Waals surface area contributed by atoms with Crippen molar-refractivity contribution in [2.24, 2.45) is 5.92 Å². The molecule has 2 aliphatic rings. The number of hydrogen-bond donors (Lipinski definition) is 2. The summed E-state index contributed by atoms with van der Waals surface area (Å²) in [7, 11) is 0. The SMILES string of the molecule is O=C1Nc2ccc(Cl)cc2[C@@](C#CC2CC2)(C(F)(F)F)N1. The van der Waals surface area contributed by atoms with Crippen molar-refractivity contribution in [2.45, 2.75) is 24.6 Å². The van der Waals surface area contributed by atoms with Gasteiger partial charge in [-0.15, -0.1) is 0 Å². The van der Waals surface area contributed by atoms with Gasteiger partial charge in [0.15, 0.2) is 0 Å². The normalized spacial score (nSPS) is 24.3. The molecule has 1 atom stereocenters. The van der Waals surface area contributed by atoms with E-state index in [-0.39, 0.29) is 22.2 Å². The zero-order valence-corrected chi connectivity index (χ0v) is 11.4. The van der Waals surface area contributed by atoms with Crippen molar-refractivity contribution in [1.82, 2.24) is 5.32 Å². The molecule has 0 unspecified atom stereocenters. The molecule has 1 saturated carbocycles. The van der Waals surface area contributed by atoms with Crippen LogP contribution in [-0.2, 0) is 5.54 Å². The zero-order chi connectivity index (χ0) is 15.3. The summed E-state index contributed by atoms with van der Waals surface area (Å²) in [5, 5.41) is 4.42. The second kappa shape index (κ2) is 4.57. The maximum absolute atomic E-state index is 13.7. The second-order valence-corrected chi connectivity index (χ2v) is 5.50. The fraction of sp³-hybridized carbons (Fsp3) is 0.357. The monoisotopic (exact) mass is 314 g/mol. The highest BCUT2D eigenvalue weighted by Crippen LogP contribution is 2.45. The van der Waals surface area contributed by atoms with Crippen molar-refractivity contribution in [2.75, 3.05) is 5.32 Å². The maximum atomic E-state index is 13.7. The van der Waals surface area contributed by atoms with Crippen molar-refractivity contribution < 1.29 is 18.0 Å². The Kier molecular flexibility index (Phi) is 3.06. The van der Waals surface area contributed by atoms with Gasteiger partial charge in [0.2, 0.25) is 5.54 Å². The molecule has 2 N–H and O–H groups in total. The van der Waals surface area contributed by atoms with E-state index in [1.807, 2.05) is 5.32 Å². The summed E-state index contributed by atoms with van der Waals surface area (Å²) >= 11 is 5.81. The van der Waals surface area contributed by atoms with Crippen LogP contribution < -0.4 is 10.6 Å². The van der Waals surface area contributed by atoms with Gasteiger partial charge in [-0.3, -0.25) is 0 Å². The number of alkyl halides is 3. The van der Waals surface area contributed by atoms with Gasteiger partial charge in [0, 0.05) is 22.2 Å². The van der Waals surface area contributed by atoms with Crippen LogP contribution in [0.2, 0.25) is 5.02 Å². The first-order valence-electron chi connectivity index (χ1n) is 6.30. The number of anilines is 1. The summed E-state index contributed by atoms with van der Waals surface area (Å²) in [5.41, 5.74) is -2.85. The van der Waals surface area contributed by atoms with Gasteiger partial charge in [-0.25, -0.2) is 4.79 Å². The molecule has 110 valence electrons. The largest absolute Gasteiger partial charge is 0.427 e. The van der Waals surface area contributed by atoms with Crippen molar-refractivity contribution in [3.8, 4) is 11.8 Å². The molecule has 3 rings (SSSR count). The minimum Gasteiger partial charge on any atom is -0.310 e. The average Bonchev–Trinajstić information content (AvgIpc) is 3.19. The van der Waals surface area contributed by atoms with E-state index >= 15 is 0 Å². The number of benzene rings is 1. The molecule has 2 amide bonds. The summed E-state index contributed by atoms with van der Waals surface area (Å²) in [4.78, 5) is 11.6. The fourth-order valence-electron chi connectivity index (χ4n) is 2.16. The molecule has 1 aromatic carbocycles. The number of rotatable bonds is 0. The smallest absolute Gasteiger partial charge is 0.310 e. The second-order valence-electron chi connectivity index (χ2n) is 5.06. The van der Waals surface area contributed by atoms with E-state index in [0.717, 1.165) is 12.8 Å². The molecule has 21 heavy (non-hydrogen) atoms. The van der Waals surface area contributed by atoms with Crippen molar-refractivity contribution in [3.05, 3.63) is 28.8 Å². The van der Waals surface area contributed by atoms with Gasteiger partial charge in [0.25, 0.3) is 0 Å². The number of carbonyl (C=O) groups is 1. The Morgan fingerprint density at radius 3 is 2.67 bits per heavy atom. The number of nitrogens with one attached hydrogen (secondary N) is 2. The molecule has 1 fully saturated rings. The van der Waals surface area contributed by atoms with E-state index in [4.69, 9.17) is 11.6 Å². The highest BCUT2D eigenvalue weighted by Gasteiger charge is 2.59. The molecule has 7 heteroatoms. The highest BCUT2D eigenvalue weighted by atomic mass is 35.5. The van der Waals surface area contributed by atoms with Crippen LogP contribution in [0.25, 0.3) is 0 Å². The number of halogens is 4. The molecule has 0 radical (unpaired) electrons. The predicted octanol–water partition coefficient (Wildman–Crippen LogP) is 3.65. The third-order valence-electron chi connectivity index (χ3n) is 3.40. The van der Waals surface area contributed by atoms with Crippen LogP contribution >= 0.6 is 11.6 Å². The third kappa shape index (κ3) is 2.42. The lowest BCUT2D eigenvalue weighted by Gasteiger charge is -2.37. The van der Waals surface area contributed by atoms with E-state index in [9.17, 15) is 18.0 Å². The summed E-state index contributed by atoms with van der Waals surface area (Å²) < 4.78 is 41.0. The summed E-state index contributed by atoms with van der Waals surface area (Å²) in [6.45, 7) is 0. The highest BCUT2D eigenvalue weighted by molar-refractivity contribution is 6.30. The van der Waals surface area contributed by atoms with E-state index in [2.05, 4.69) is 17.2 Å². The van der Waals surface area contributed by atoms with Crippen LogP contribution in [-0.4, -0.2) is 12.2 Å². The Morgan fingerprint density at radius 2 is 2.05 bits per heavy atom. The van der Waals surface area contributed by atoms with E-state index in [0.29, 0.717) is 0 Å². The minimum atomic E-state index is -4.76. The van der Waals surface area contributed by atoms with Crippen LogP contribution in [0.5, 0.6) is 0 Å².